The van der Waals surface area contributed by atoms with Gasteiger partial charge in [0.2, 0.25) is 0 Å². The number of rotatable bonds is 6. The number of aromatic nitrogens is 4. The Labute approximate surface area is 293 Å². The molecule has 19 heteroatoms. The van der Waals surface area contributed by atoms with Crippen LogP contribution in [-0.4, -0.2) is 113 Å². The van der Waals surface area contributed by atoms with Gasteiger partial charge in [0.15, 0.2) is 11.5 Å². The highest BCUT2D eigenvalue weighted by atomic mass is 19.4. The predicted octanol–water partition coefficient (Wildman–Crippen LogP) is 5.45. The number of halogens is 6. The Kier molecular flexibility index (Phi) is 10.4. The lowest BCUT2D eigenvalue weighted by Gasteiger charge is -2.34. The first-order chi connectivity index (χ1) is 24.6. The molecule has 4 aromatic rings. The van der Waals surface area contributed by atoms with Crippen molar-refractivity contribution in [3.63, 3.8) is 0 Å². The number of amides is 2. The monoisotopic (exact) mass is 735 g/mol. The van der Waals surface area contributed by atoms with Crippen LogP contribution < -0.4 is 20.4 Å². The minimum absolute atomic E-state index is 0.0637. The second-order valence-electron chi connectivity index (χ2n) is 12.7. The summed E-state index contributed by atoms with van der Waals surface area (Å²) >= 11 is 0. The van der Waals surface area contributed by atoms with Gasteiger partial charge in [0.1, 0.15) is 12.4 Å². The summed E-state index contributed by atoms with van der Waals surface area (Å²) in [7, 11) is 2.12. The van der Waals surface area contributed by atoms with Gasteiger partial charge in [-0.3, -0.25) is 0 Å². The minimum atomic E-state index is -5.08. The van der Waals surface area contributed by atoms with E-state index in [0.29, 0.717) is 41.2 Å². The van der Waals surface area contributed by atoms with Gasteiger partial charge in [0.25, 0.3) is 0 Å². The van der Waals surface area contributed by atoms with Crippen LogP contribution in [0.3, 0.4) is 0 Å². The van der Waals surface area contributed by atoms with Crippen molar-refractivity contribution in [1.82, 2.24) is 24.6 Å². The number of aliphatic carboxylic acids is 1. The van der Waals surface area contributed by atoms with Gasteiger partial charge in [-0.05, 0) is 68.4 Å². The van der Waals surface area contributed by atoms with Crippen molar-refractivity contribution in [3.05, 3.63) is 54.7 Å². The van der Waals surface area contributed by atoms with Gasteiger partial charge in [-0.2, -0.15) is 31.4 Å². The van der Waals surface area contributed by atoms with Crippen molar-refractivity contribution in [2.45, 2.75) is 43.9 Å². The van der Waals surface area contributed by atoms with Crippen molar-refractivity contribution in [2.75, 3.05) is 66.7 Å². The van der Waals surface area contributed by atoms with Crippen LogP contribution in [0.15, 0.2) is 54.7 Å². The number of urea groups is 1. The first-order valence-corrected chi connectivity index (χ1v) is 16.3. The topological polar surface area (TPSA) is 141 Å². The Morgan fingerprint density at radius 1 is 0.846 bits per heavy atom. The second-order valence-corrected chi connectivity index (χ2v) is 12.7. The maximum absolute atomic E-state index is 13.4. The Balaban J connectivity index is 0.000000604. The minimum Gasteiger partial charge on any atom is -0.475 e. The average Bonchev–Trinajstić information content (AvgIpc) is 3.65. The van der Waals surface area contributed by atoms with Crippen LogP contribution in [0.5, 0.6) is 0 Å². The number of nitrogens with one attached hydrogen (secondary N) is 2. The summed E-state index contributed by atoms with van der Waals surface area (Å²) in [6.45, 7) is 3.90. The standard InChI is InChI=1S/C31H34F3N9O2.C2HF3O2/c1-40-12-14-41(15-13-40)23-8-6-22(7-9-23)37-30(44)36-21-4-2-20(3-5-21)27-38-28(42-17-24-10-11-25(18-42)45-24)26-16-35-43(29(26)39-27)19-31(32,33)34;3-2(4,5)1(6)7/h2-9,16,24-25H,10-15,17-19H2,1H3,(H2,36,37,44);(H,6,7)/t24-,25+;. The number of ether oxygens (including phenoxy) is 1. The quantitative estimate of drug-likeness (QED) is 0.219. The summed E-state index contributed by atoms with van der Waals surface area (Å²) in [6.07, 6.45) is -6.12. The fourth-order valence-electron chi connectivity index (χ4n) is 6.20. The summed E-state index contributed by atoms with van der Waals surface area (Å²) in [5.74, 6) is -1.94. The number of likely N-dealkylation sites (N-methyl/N-ethyl adjacent to an activating group) is 1. The van der Waals surface area contributed by atoms with E-state index >= 15 is 0 Å². The van der Waals surface area contributed by atoms with Gasteiger partial charge in [-0.1, -0.05) is 0 Å². The van der Waals surface area contributed by atoms with E-state index in [9.17, 15) is 31.1 Å². The normalized spacial score (nSPS) is 19.3. The zero-order valence-electron chi connectivity index (χ0n) is 27.8. The molecule has 0 saturated carbocycles. The summed E-state index contributed by atoms with van der Waals surface area (Å²) < 4.78 is 78.6. The maximum atomic E-state index is 13.4. The third kappa shape index (κ3) is 9.00. The summed E-state index contributed by atoms with van der Waals surface area (Å²) in [5.41, 5.74) is 3.04. The van der Waals surface area contributed by atoms with E-state index in [1.54, 1.807) is 24.3 Å². The Morgan fingerprint density at radius 2 is 1.40 bits per heavy atom. The van der Waals surface area contributed by atoms with E-state index in [-0.39, 0.29) is 23.7 Å². The van der Waals surface area contributed by atoms with Crippen LogP contribution >= 0.6 is 0 Å². The van der Waals surface area contributed by atoms with Crippen molar-refractivity contribution >= 4 is 45.9 Å². The molecule has 0 aliphatic carbocycles. The van der Waals surface area contributed by atoms with Gasteiger partial charge in [0, 0.05) is 61.9 Å². The predicted molar refractivity (Wildman–Crippen MR) is 179 cm³/mol. The molecule has 3 N–H and O–H groups in total. The molecule has 0 unspecified atom stereocenters. The Morgan fingerprint density at radius 3 is 1.94 bits per heavy atom. The van der Waals surface area contributed by atoms with Crippen LogP contribution in [-0.2, 0) is 16.1 Å². The average molecular weight is 736 g/mol. The third-order valence-electron chi connectivity index (χ3n) is 8.79. The van der Waals surface area contributed by atoms with E-state index in [1.165, 1.54) is 6.20 Å². The number of alkyl halides is 6. The molecule has 3 saturated heterocycles. The van der Waals surface area contributed by atoms with E-state index in [2.05, 4.69) is 42.5 Å². The highest BCUT2D eigenvalue weighted by Crippen LogP contribution is 2.34. The summed E-state index contributed by atoms with van der Waals surface area (Å²) in [6, 6.07) is 14.3. The third-order valence-corrected chi connectivity index (χ3v) is 8.79. The van der Waals surface area contributed by atoms with Crippen molar-refractivity contribution < 1.29 is 45.8 Å². The van der Waals surface area contributed by atoms with E-state index in [4.69, 9.17) is 19.6 Å². The largest absolute Gasteiger partial charge is 0.490 e. The first kappa shape index (κ1) is 36.6. The molecule has 278 valence electrons. The Bertz CT molecular complexity index is 1870. The molecule has 3 aliphatic heterocycles. The molecule has 3 aliphatic rings. The Hall–Kier alpha value is -5.17. The SMILES string of the molecule is CN1CCN(c2ccc(NC(=O)Nc3ccc(-c4nc(N5C[C@H]6CC[C@@H](C5)O6)c5cnn(CC(F)(F)F)c5n4)cc3)cc2)CC1.O=C(O)C(F)(F)F. The van der Waals surface area contributed by atoms with Crippen molar-refractivity contribution in [1.29, 1.82) is 0 Å². The number of hydrogen-bond acceptors (Lipinski definition) is 9. The fraction of sp³-hybridized carbons (Fsp3) is 0.424. The number of anilines is 4. The number of piperazine rings is 1. The van der Waals surface area contributed by atoms with E-state index in [1.807, 2.05) is 24.3 Å². The smallest absolute Gasteiger partial charge is 0.475 e. The molecular formula is C33H35F6N9O4. The molecule has 3 fully saturated rings. The van der Waals surface area contributed by atoms with E-state index in [0.717, 1.165) is 49.4 Å². The van der Waals surface area contributed by atoms with Crippen molar-refractivity contribution in [2.24, 2.45) is 0 Å². The molecule has 13 nitrogen and oxygen atoms in total. The molecule has 52 heavy (non-hydrogen) atoms. The molecule has 2 aromatic heterocycles. The number of hydrogen-bond donors (Lipinski definition) is 3. The zero-order chi connectivity index (χ0) is 37.2. The lowest BCUT2D eigenvalue weighted by Crippen LogP contribution is -2.44. The lowest BCUT2D eigenvalue weighted by molar-refractivity contribution is -0.192. The molecule has 2 atom stereocenters. The van der Waals surface area contributed by atoms with E-state index < -0.39 is 30.9 Å². The van der Waals surface area contributed by atoms with Gasteiger partial charge in [-0.25, -0.2) is 24.2 Å². The first-order valence-electron chi connectivity index (χ1n) is 16.3. The van der Waals surface area contributed by atoms with Crippen LogP contribution in [0, 0.1) is 0 Å². The lowest BCUT2D eigenvalue weighted by atomic mass is 10.2. The number of nitrogens with zero attached hydrogens (tertiary/aromatic N) is 7. The fourth-order valence-corrected chi connectivity index (χ4v) is 6.20. The molecule has 7 rings (SSSR count). The molecule has 0 spiro atoms. The molecular weight excluding hydrogens is 700 g/mol. The number of carbonyl (C=O) groups is 2. The highest BCUT2D eigenvalue weighted by molar-refractivity contribution is 6.00. The van der Waals surface area contributed by atoms with Crippen LogP contribution in [0.4, 0.5) is 54.0 Å². The zero-order valence-corrected chi connectivity index (χ0v) is 27.8. The molecule has 2 aromatic carbocycles. The highest BCUT2D eigenvalue weighted by Gasteiger charge is 2.38. The molecule has 5 heterocycles. The molecule has 0 radical (unpaired) electrons. The van der Waals surface area contributed by atoms with Crippen molar-refractivity contribution in [3.8, 4) is 11.4 Å². The van der Waals surface area contributed by atoms with Crippen LogP contribution in [0.1, 0.15) is 12.8 Å². The number of carboxylic acids is 1. The molecule has 2 bridgehead atoms. The number of carbonyl (C=O) groups excluding carboxylic acids is 1. The van der Waals surface area contributed by atoms with Crippen LogP contribution in [0.2, 0.25) is 0 Å². The molecule has 2 amide bonds. The number of carboxylic acid groups (broad SMARTS) is 1. The summed E-state index contributed by atoms with van der Waals surface area (Å²) in [5, 5.41) is 17.3. The van der Waals surface area contributed by atoms with Gasteiger partial charge in [0.05, 0.1) is 23.8 Å². The number of benzene rings is 2. The van der Waals surface area contributed by atoms with Crippen LogP contribution in [0.25, 0.3) is 22.4 Å². The number of fused-ring (bicyclic) bond motifs is 3. The van der Waals surface area contributed by atoms with Gasteiger partial charge >= 0.3 is 24.4 Å². The van der Waals surface area contributed by atoms with Gasteiger partial charge < -0.3 is 35.2 Å². The summed E-state index contributed by atoms with van der Waals surface area (Å²) in [4.78, 5) is 37.6. The second kappa shape index (κ2) is 14.8. The maximum Gasteiger partial charge on any atom is 0.490 e. The number of morpholine rings is 1. The van der Waals surface area contributed by atoms with Gasteiger partial charge in [-0.15, -0.1) is 0 Å².